The van der Waals surface area contributed by atoms with E-state index in [1.807, 2.05) is 19.1 Å². The third-order valence-electron chi connectivity index (χ3n) is 4.55. The zero-order valence-corrected chi connectivity index (χ0v) is 15.8. The molecule has 0 bridgehead atoms. The Morgan fingerprint density at radius 2 is 2.04 bits per heavy atom. The van der Waals surface area contributed by atoms with Crippen LogP contribution < -0.4 is 9.62 Å². The van der Waals surface area contributed by atoms with Crippen molar-refractivity contribution in [3.8, 4) is 0 Å². The van der Waals surface area contributed by atoms with Gasteiger partial charge in [0.25, 0.3) is 0 Å². The maximum absolute atomic E-state index is 12.4. The van der Waals surface area contributed by atoms with Crippen LogP contribution in [0.15, 0.2) is 40.6 Å². The molecule has 0 amide bonds. The van der Waals surface area contributed by atoms with Crippen molar-refractivity contribution in [2.75, 3.05) is 24.5 Å². The van der Waals surface area contributed by atoms with Crippen LogP contribution in [0, 0.1) is 12.8 Å². The number of rotatable bonds is 6. The van der Waals surface area contributed by atoms with Gasteiger partial charge in [-0.2, -0.15) is 0 Å². The highest BCUT2D eigenvalue weighted by molar-refractivity contribution is 7.91. The van der Waals surface area contributed by atoms with Gasteiger partial charge in [0.1, 0.15) is 4.21 Å². The van der Waals surface area contributed by atoms with Crippen LogP contribution in [0.25, 0.3) is 0 Å². The summed E-state index contributed by atoms with van der Waals surface area (Å²) in [5, 5.41) is 0. The molecular formula is C18H24N2O2S2. The molecule has 0 aliphatic carbocycles. The highest BCUT2D eigenvalue weighted by atomic mass is 32.2. The Morgan fingerprint density at radius 3 is 2.75 bits per heavy atom. The van der Waals surface area contributed by atoms with Gasteiger partial charge in [0.15, 0.2) is 0 Å². The first-order valence-electron chi connectivity index (χ1n) is 8.38. The Bertz CT molecular complexity index is 799. The van der Waals surface area contributed by atoms with Gasteiger partial charge in [-0.25, -0.2) is 13.1 Å². The van der Waals surface area contributed by atoms with Crippen LogP contribution in [0.2, 0.25) is 0 Å². The van der Waals surface area contributed by atoms with E-state index in [0.717, 1.165) is 30.8 Å². The van der Waals surface area contributed by atoms with Gasteiger partial charge >= 0.3 is 0 Å². The first-order chi connectivity index (χ1) is 11.5. The summed E-state index contributed by atoms with van der Waals surface area (Å²) in [7, 11) is -3.38. The molecule has 24 heavy (non-hydrogen) atoms. The van der Waals surface area contributed by atoms with E-state index in [9.17, 15) is 8.42 Å². The van der Waals surface area contributed by atoms with Crippen LogP contribution in [0.5, 0.6) is 0 Å². The quantitative estimate of drug-likeness (QED) is 0.854. The Kier molecular flexibility index (Phi) is 5.27. The number of hydrogen-bond acceptors (Lipinski definition) is 4. The number of hydrogen-bond donors (Lipinski definition) is 1. The lowest BCUT2D eigenvalue weighted by molar-refractivity contribution is 0.543. The standard InChI is InChI=1S/C18H24N2O2S2/c1-3-16-8-9-18(23-16)24(21,22)19-12-15-10-11-20(13-15)17-7-5-4-6-14(17)2/h4-9,15,19H,3,10-13H2,1-2H3/t15-/m0/s1. The summed E-state index contributed by atoms with van der Waals surface area (Å²) in [6.07, 6.45) is 1.88. The zero-order valence-electron chi connectivity index (χ0n) is 14.2. The Labute approximate surface area is 148 Å². The van der Waals surface area contributed by atoms with Crippen molar-refractivity contribution < 1.29 is 8.42 Å². The molecule has 1 fully saturated rings. The third kappa shape index (κ3) is 3.82. The van der Waals surface area contributed by atoms with Crippen molar-refractivity contribution in [1.29, 1.82) is 0 Å². The summed E-state index contributed by atoms with van der Waals surface area (Å²) >= 11 is 1.36. The lowest BCUT2D eigenvalue weighted by Gasteiger charge is -2.21. The molecule has 1 aromatic heterocycles. The minimum absolute atomic E-state index is 0.352. The molecule has 2 heterocycles. The van der Waals surface area contributed by atoms with Gasteiger partial charge in [-0.05, 0) is 49.4 Å². The third-order valence-corrected chi connectivity index (χ3v) is 7.70. The lowest BCUT2D eigenvalue weighted by atomic mass is 10.1. The van der Waals surface area contributed by atoms with E-state index in [1.54, 1.807) is 6.07 Å². The molecule has 1 saturated heterocycles. The van der Waals surface area contributed by atoms with Gasteiger partial charge in [0.05, 0.1) is 0 Å². The average molecular weight is 365 g/mol. The fourth-order valence-electron chi connectivity index (χ4n) is 3.13. The normalized spacial score (nSPS) is 18.2. The molecule has 2 aromatic rings. The van der Waals surface area contributed by atoms with Gasteiger partial charge in [0.2, 0.25) is 10.0 Å². The number of nitrogens with zero attached hydrogens (tertiary/aromatic N) is 1. The van der Waals surface area contributed by atoms with Crippen molar-refractivity contribution in [1.82, 2.24) is 4.72 Å². The van der Waals surface area contributed by atoms with E-state index in [2.05, 4.69) is 34.7 Å². The van der Waals surface area contributed by atoms with E-state index >= 15 is 0 Å². The fraction of sp³-hybridized carbons (Fsp3) is 0.444. The van der Waals surface area contributed by atoms with Crippen LogP contribution in [0.3, 0.4) is 0 Å². The van der Waals surface area contributed by atoms with Gasteiger partial charge in [0, 0.05) is 30.2 Å². The van der Waals surface area contributed by atoms with Crippen LogP contribution in [0.1, 0.15) is 23.8 Å². The zero-order chi connectivity index (χ0) is 17.2. The number of thiophene rings is 1. The van der Waals surface area contributed by atoms with E-state index < -0.39 is 10.0 Å². The smallest absolute Gasteiger partial charge is 0.250 e. The number of sulfonamides is 1. The number of aryl methyl sites for hydroxylation is 2. The number of benzene rings is 1. The van der Waals surface area contributed by atoms with Gasteiger partial charge in [-0.3, -0.25) is 0 Å². The van der Waals surface area contributed by atoms with E-state index in [4.69, 9.17) is 0 Å². The molecule has 1 N–H and O–H groups in total. The number of para-hydroxylation sites is 1. The largest absolute Gasteiger partial charge is 0.371 e. The highest BCUT2D eigenvalue weighted by Gasteiger charge is 2.25. The van der Waals surface area contributed by atoms with E-state index in [1.165, 1.54) is 22.6 Å². The second-order valence-electron chi connectivity index (χ2n) is 6.31. The molecule has 0 unspecified atom stereocenters. The first-order valence-corrected chi connectivity index (χ1v) is 10.7. The molecule has 3 rings (SSSR count). The molecule has 1 aromatic carbocycles. The van der Waals surface area contributed by atoms with Crippen molar-refractivity contribution in [3.05, 3.63) is 46.8 Å². The second-order valence-corrected chi connectivity index (χ2v) is 9.48. The van der Waals surface area contributed by atoms with Gasteiger partial charge in [-0.15, -0.1) is 11.3 Å². The topological polar surface area (TPSA) is 49.4 Å². The number of nitrogens with one attached hydrogen (secondary N) is 1. The Morgan fingerprint density at radius 1 is 1.25 bits per heavy atom. The van der Waals surface area contributed by atoms with Crippen molar-refractivity contribution >= 4 is 27.0 Å². The lowest BCUT2D eigenvalue weighted by Crippen LogP contribution is -2.30. The van der Waals surface area contributed by atoms with E-state index in [0.29, 0.717) is 16.7 Å². The minimum atomic E-state index is -3.38. The molecular weight excluding hydrogens is 340 g/mol. The first kappa shape index (κ1) is 17.5. The predicted molar refractivity (Wildman–Crippen MR) is 100 cm³/mol. The van der Waals surface area contributed by atoms with Crippen molar-refractivity contribution in [2.45, 2.75) is 30.9 Å². The summed E-state index contributed by atoms with van der Waals surface area (Å²) in [6.45, 7) is 6.54. The van der Waals surface area contributed by atoms with Crippen LogP contribution in [-0.2, 0) is 16.4 Å². The van der Waals surface area contributed by atoms with E-state index in [-0.39, 0.29) is 0 Å². The maximum atomic E-state index is 12.4. The van der Waals surface area contributed by atoms with Crippen molar-refractivity contribution in [3.63, 3.8) is 0 Å². The molecule has 130 valence electrons. The highest BCUT2D eigenvalue weighted by Crippen LogP contribution is 2.27. The summed E-state index contributed by atoms with van der Waals surface area (Å²) in [4.78, 5) is 3.45. The van der Waals surface area contributed by atoms with Crippen LogP contribution in [-0.4, -0.2) is 28.1 Å². The molecule has 1 aliphatic heterocycles. The monoisotopic (exact) mass is 364 g/mol. The molecule has 1 aliphatic rings. The molecule has 6 heteroatoms. The summed E-state index contributed by atoms with van der Waals surface area (Å²) in [5.41, 5.74) is 2.53. The molecule has 0 saturated carbocycles. The molecule has 0 radical (unpaired) electrons. The second kappa shape index (κ2) is 7.25. The Balaban J connectivity index is 1.59. The minimum Gasteiger partial charge on any atom is -0.371 e. The fourth-order valence-corrected chi connectivity index (χ4v) is 5.58. The molecule has 0 spiro atoms. The predicted octanol–water partition coefficient (Wildman–Crippen LogP) is 3.42. The van der Waals surface area contributed by atoms with Crippen molar-refractivity contribution in [2.24, 2.45) is 5.92 Å². The maximum Gasteiger partial charge on any atom is 0.250 e. The summed E-state index contributed by atoms with van der Waals surface area (Å²) in [5.74, 6) is 0.352. The van der Waals surface area contributed by atoms with Crippen LogP contribution >= 0.6 is 11.3 Å². The molecule has 4 nitrogen and oxygen atoms in total. The number of anilines is 1. The average Bonchev–Trinajstić information content (AvgIpc) is 3.23. The van der Waals surface area contributed by atoms with Gasteiger partial charge < -0.3 is 4.90 Å². The SMILES string of the molecule is CCc1ccc(S(=O)(=O)NC[C@@H]2CCN(c3ccccc3C)C2)s1. The Hall–Kier alpha value is -1.37. The molecule has 1 atom stereocenters. The van der Waals surface area contributed by atoms with Gasteiger partial charge in [-0.1, -0.05) is 25.1 Å². The summed E-state index contributed by atoms with van der Waals surface area (Å²) < 4.78 is 28.0. The van der Waals surface area contributed by atoms with Crippen LogP contribution in [0.4, 0.5) is 5.69 Å². The summed E-state index contributed by atoms with van der Waals surface area (Å²) in [6, 6.07) is 12.0.